The van der Waals surface area contributed by atoms with Crippen molar-refractivity contribution in [3.8, 4) is 0 Å². The fraction of sp³-hybridized carbons (Fsp3) is 0.619. The first-order valence-electron chi connectivity index (χ1n) is 9.76. The molecule has 2 amide bonds. The molecule has 1 atom stereocenters. The third kappa shape index (κ3) is 5.21. The van der Waals surface area contributed by atoms with Crippen molar-refractivity contribution in [3.05, 3.63) is 35.6 Å². The van der Waals surface area contributed by atoms with E-state index in [2.05, 4.69) is 0 Å². The van der Waals surface area contributed by atoms with E-state index >= 15 is 0 Å². The smallest absolute Gasteiger partial charge is 0.410 e. The van der Waals surface area contributed by atoms with Crippen LogP contribution in [0.4, 0.5) is 9.18 Å². The third-order valence-electron chi connectivity index (χ3n) is 4.99. The molecular formula is C21H29FN2O3. The summed E-state index contributed by atoms with van der Waals surface area (Å²) in [7, 11) is 0. The second-order valence-electron chi connectivity index (χ2n) is 8.55. The van der Waals surface area contributed by atoms with E-state index in [1.54, 1.807) is 23.1 Å². The van der Waals surface area contributed by atoms with Gasteiger partial charge in [-0.05, 0) is 52.5 Å². The number of benzene rings is 1. The summed E-state index contributed by atoms with van der Waals surface area (Å²) in [6, 6.07) is 6.79. The van der Waals surface area contributed by atoms with E-state index in [9.17, 15) is 14.0 Å². The Morgan fingerprint density at radius 1 is 1.22 bits per heavy atom. The van der Waals surface area contributed by atoms with Crippen molar-refractivity contribution in [1.82, 2.24) is 9.80 Å². The van der Waals surface area contributed by atoms with Crippen molar-refractivity contribution in [2.45, 2.75) is 64.6 Å². The van der Waals surface area contributed by atoms with Crippen LogP contribution in [-0.2, 0) is 16.1 Å². The second-order valence-corrected chi connectivity index (χ2v) is 8.55. The maximum Gasteiger partial charge on any atom is 0.410 e. The molecular weight excluding hydrogens is 347 g/mol. The standard InChI is InChI=1S/C21H29FN2O3/c1-21(2,3)27-20(26)23-12-6-8-16(13-23)19(25)24(17-10-11-17)14-15-7-4-5-9-18(15)22/h4-5,7,9,16-17H,6,8,10-14H2,1-3H3/t16-/m1/s1. The average Bonchev–Trinajstić information content (AvgIpc) is 3.44. The molecule has 2 aliphatic rings. The zero-order valence-electron chi connectivity index (χ0n) is 16.4. The number of hydrogen-bond donors (Lipinski definition) is 0. The Hall–Kier alpha value is -2.11. The van der Waals surface area contributed by atoms with E-state index in [0.29, 0.717) is 25.2 Å². The molecule has 0 unspecified atom stereocenters. The van der Waals surface area contributed by atoms with Crippen LogP contribution in [-0.4, -0.2) is 46.5 Å². The Morgan fingerprint density at radius 3 is 2.56 bits per heavy atom. The van der Waals surface area contributed by atoms with Gasteiger partial charge in [0.1, 0.15) is 11.4 Å². The molecule has 0 N–H and O–H groups in total. The van der Waals surface area contributed by atoms with Gasteiger partial charge < -0.3 is 14.5 Å². The lowest BCUT2D eigenvalue weighted by atomic mass is 9.96. The summed E-state index contributed by atoms with van der Waals surface area (Å²) in [5, 5.41) is 0. The van der Waals surface area contributed by atoms with E-state index in [-0.39, 0.29) is 29.8 Å². The molecule has 1 aromatic rings. The van der Waals surface area contributed by atoms with E-state index < -0.39 is 5.60 Å². The number of piperidine rings is 1. The minimum Gasteiger partial charge on any atom is -0.444 e. The molecule has 1 aliphatic heterocycles. The highest BCUT2D eigenvalue weighted by Crippen LogP contribution is 2.32. The van der Waals surface area contributed by atoms with Gasteiger partial charge in [-0.2, -0.15) is 0 Å². The molecule has 1 heterocycles. The number of rotatable bonds is 4. The highest BCUT2D eigenvalue weighted by atomic mass is 19.1. The van der Waals surface area contributed by atoms with Crippen LogP contribution in [0.1, 0.15) is 52.0 Å². The normalized spacial score (nSPS) is 20.3. The Kier molecular flexibility index (Phi) is 5.72. The van der Waals surface area contributed by atoms with Gasteiger partial charge in [-0.15, -0.1) is 0 Å². The van der Waals surface area contributed by atoms with Crippen molar-refractivity contribution in [2.24, 2.45) is 5.92 Å². The van der Waals surface area contributed by atoms with Gasteiger partial charge >= 0.3 is 6.09 Å². The number of carbonyl (C=O) groups excluding carboxylic acids is 2. The fourth-order valence-corrected chi connectivity index (χ4v) is 3.49. The summed E-state index contributed by atoms with van der Waals surface area (Å²) in [6.07, 6.45) is 3.07. The minimum atomic E-state index is -0.557. The number of halogens is 1. The summed E-state index contributed by atoms with van der Waals surface area (Å²) >= 11 is 0. The topological polar surface area (TPSA) is 49.9 Å². The van der Waals surface area contributed by atoms with Crippen molar-refractivity contribution in [3.63, 3.8) is 0 Å². The van der Waals surface area contributed by atoms with E-state index in [0.717, 1.165) is 25.7 Å². The number of nitrogens with zero attached hydrogens (tertiary/aromatic N) is 2. The minimum absolute atomic E-state index is 0.0222. The van der Waals surface area contributed by atoms with Gasteiger partial charge in [0.25, 0.3) is 0 Å². The molecule has 0 aromatic heterocycles. The first kappa shape index (κ1) is 19.6. The molecule has 5 nitrogen and oxygen atoms in total. The van der Waals surface area contributed by atoms with Crippen molar-refractivity contribution in [1.29, 1.82) is 0 Å². The van der Waals surface area contributed by atoms with Gasteiger partial charge in [-0.3, -0.25) is 4.79 Å². The zero-order chi connectivity index (χ0) is 19.6. The monoisotopic (exact) mass is 376 g/mol. The Bertz CT molecular complexity index is 697. The van der Waals surface area contributed by atoms with Crippen molar-refractivity contribution >= 4 is 12.0 Å². The summed E-state index contributed by atoms with van der Waals surface area (Å²) in [5.41, 5.74) is -0.0172. The predicted octanol–water partition coefficient (Wildman–Crippen LogP) is 3.96. The Morgan fingerprint density at radius 2 is 1.93 bits per heavy atom. The zero-order valence-corrected chi connectivity index (χ0v) is 16.4. The predicted molar refractivity (Wildman–Crippen MR) is 101 cm³/mol. The lowest BCUT2D eigenvalue weighted by Gasteiger charge is -2.36. The van der Waals surface area contributed by atoms with Gasteiger partial charge in [-0.25, -0.2) is 9.18 Å². The molecule has 3 rings (SSSR count). The maximum atomic E-state index is 14.1. The number of ether oxygens (including phenoxy) is 1. The average molecular weight is 376 g/mol. The van der Waals surface area contributed by atoms with E-state index in [1.807, 2.05) is 25.7 Å². The van der Waals surface area contributed by atoms with Crippen LogP contribution in [0.25, 0.3) is 0 Å². The highest BCUT2D eigenvalue weighted by Gasteiger charge is 2.38. The molecule has 0 bridgehead atoms. The van der Waals surface area contributed by atoms with Gasteiger partial charge in [-0.1, -0.05) is 18.2 Å². The summed E-state index contributed by atoms with van der Waals surface area (Å²) < 4.78 is 19.5. The molecule has 1 saturated carbocycles. The van der Waals surface area contributed by atoms with E-state index in [4.69, 9.17) is 4.74 Å². The van der Waals surface area contributed by atoms with Gasteiger partial charge in [0.2, 0.25) is 5.91 Å². The second kappa shape index (κ2) is 7.87. The molecule has 6 heteroatoms. The summed E-state index contributed by atoms with van der Waals surface area (Å²) in [6.45, 7) is 6.77. The van der Waals surface area contributed by atoms with Crippen LogP contribution in [0.3, 0.4) is 0 Å². The largest absolute Gasteiger partial charge is 0.444 e. The number of amides is 2. The fourth-order valence-electron chi connectivity index (χ4n) is 3.49. The van der Waals surface area contributed by atoms with Crippen LogP contribution < -0.4 is 0 Å². The lowest BCUT2D eigenvalue weighted by Crippen LogP contribution is -2.48. The first-order chi connectivity index (χ1) is 12.7. The van der Waals surface area contributed by atoms with Gasteiger partial charge in [0, 0.05) is 31.2 Å². The van der Waals surface area contributed by atoms with Crippen LogP contribution in [0, 0.1) is 11.7 Å². The van der Waals surface area contributed by atoms with Crippen LogP contribution in [0.2, 0.25) is 0 Å². The molecule has 27 heavy (non-hydrogen) atoms. The van der Waals surface area contributed by atoms with Crippen molar-refractivity contribution < 1.29 is 18.7 Å². The number of likely N-dealkylation sites (tertiary alicyclic amines) is 1. The summed E-state index contributed by atoms with van der Waals surface area (Å²) in [4.78, 5) is 29.0. The van der Waals surface area contributed by atoms with E-state index in [1.165, 1.54) is 6.07 Å². The van der Waals surface area contributed by atoms with Gasteiger partial charge in [0.05, 0.1) is 5.92 Å². The quantitative estimate of drug-likeness (QED) is 0.799. The highest BCUT2D eigenvalue weighted by molar-refractivity contribution is 5.81. The molecule has 148 valence electrons. The number of hydrogen-bond acceptors (Lipinski definition) is 3. The first-order valence-corrected chi connectivity index (χ1v) is 9.76. The summed E-state index contributed by atoms with van der Waals surface area (Å²) in [5.74, 6) is -0.511. The van der Waals surface area contributed by atoms with Gasteiger partial charge in [0.15, 0.2) is 0 Å². The van der Waals surface area contributed by atoms with Crippen LogP contribution in [0.15, 0.2) is 24.3 Å². The van der Waals surface area contributed by atoms with Crippen LogP contribution >= 0.6 is 0 Å². The number of carbonyl (C=O) groups is 2. The molecule has 2 fully saturated rings. The lowest BCUT2D eigenvalue weighted by molar-refractivity contribution is -0.138. The molecule has 0 radical (unpaired) electrons. The third-order valence-corrected chi connectivity index (χ3v) is 4.99. The van der Waals surface area contributed by atoms with Crippen molar-refractivity contribution in [2.75, 3.05) is 13.1 Å². The molecule has 0 spiro atoms. The van der Waals surface area contributed by atoms with Crippen LogP contribution in [0.5, 0.6) is 0 Å². The molecule has 1 saturated heterocycles. The molecule has 1 aliphatic carbocycles. The Labute approximate surface area is 160 Å². The SMILES string of the molecule is CC(C)(C)OC(=O)N1CCC[C@@H](C(=O)N(Cc2ccccc2F)C2CC2)C1. The maximum absolute atomic E-state index is 14.1. The Balaban J connectivity index is 1.67. The molecule has 1 aromatic carbocycles.